The normalized spacial score (nSPS) is 18.8. The number of carbonyl (C=O) groups excluding carboxylic acids is 2. The third kappa shape index (κ3) is 5.62. The Labute approximate surface area is 230 Å². The average molecular weight is 579 g/mol. The lowest BCUT2D eigenvalue weighted by Gasteiger charge is -2.33. The fourth-order valence-corrected chi connectivity index (χ4v) is 5.22. The highest BCUT2D eigenvalue weighted by Crippen LogP contribution is 2.45. The van der Waals surface area contributed by atoms with E-state index >= 15 is 4.39 Å². The van der Waals surface area contributed by atoms with E-state index in [2.05, 4.69) is 20.0 Å². The standard InChI is InChI=1S/C27H23ClF4N4O4/c1-39-26(38)34-16-4-2-14(3-5-16)19-12-33-25(35-19)20-8-6-17-10-15(11-22(37)36(17)20)23-21(40-13-27(30,31)32)9-7-18(28)24(23)29/h2-5,7,9,11-12,17,20H,6,8,10,13H2,1H3,(H,33,35)(H,34,38)/t17?,20-/m0/s1. The van der Waals surface area contributed by atoms with Gasteiger partial charge in [-0.25, -0.2) is 14.2 Å². The second kappa shape index (κ2) is 10.8. The highest BCUT2D eigenvalue weighted by molar-refractivity contribution is 6.31. The minimum Gasteiger partial charge on any atom is -0.483 e. The molecule has 0 radical (unpaired) electrons. The predicted octanol–water partition coefficient (Wildman–Crippen LogP) is 6.51. The van der Waals surface area contributed by atoms with Gasteiger partial charge in [0.05, 0.1) is 35.6 Å². The van der Waals surface area contributed by atoms with Crippen molar-refractivity contribution in [2.45, 2.75) is 37.5 Å². The largest absolute Gasteiger partial charge is 0.483 e. The summed E-state index contributed by atoms with van der Waals surface area (Å²) in [4.78, 5) is 34.1. The molecule has 0 aliphatic carbocycles. The van der Waals surface area contributed by atoms with Gasteiger partial charge in [0.2, 0.25) is 5.91 Å². The summed E-state index contributed by atoms with van der Waals surface area (Å²) in [6, 6.07) is 8.61. The van der Waals surface area contributed by atoms with Gasteiger partial charge < -0.3 is 19.4 Å². The minimum atomic E-state index is -4.62. The zero-order valence-electron chi connectivity index (χ0n) is 21.0. The van der Waals surface area contributed by atoms with Crippen LogP contribution in [0.2, 0.25) is 5.02 Å². The summed E-state index contributed by atoms with van der Waals surface area (Å²) in [5, 5.41) is 2.28. The van der Waals surface area contributed by atoms with Gasteiger partial charge in [-0.15, -0.1) is 0 Å². The van der Waals surface area contributed by atoms with E-state index in [-0.39, 0.29) is 40.4 Å². The highest BCUT2D eigenvalue weighted by atomic mass is 35.5. The lowest BCUT2D eigenvalue weighted by Crippen LogP contribution is -2.39. The number of rotatable bonds is 6. The monoisotopic (exact) mass is 578 g/mol. The van der Waals surface area contributed by atoms with E-state index < -0.39 is 30.6 Å². The molecule has 13 heteroatoms. The average Bonchev–Trinajstić information content (AvgIpc) is 3.57. The van der Waals surface area contributed by atoms with Gasteiger partial charge in [-0.3, -0.25) is 10.1 Å². The number of hydrogen-bond acceptors (Lipinski definition) is 5. The molecule has 0 saturated carbocycles. The van der Waals surface area contributed by atoms with Crippen LogP contribution >= 0.6 is 11.6 Å². The summed E-state index contributed by atoms with van der Waals surface area (Å²) in [6.07, 6.45) is -0.958. The lowest BCUT2D eigenvalue weighted by molar-refractivity contribution is -0.153. The number of anilines is 1. The number of carbonyl (C=O) groups is 2. The molecule has 3 heterocycles. The number of hydrogen-bond donors (Lipinski definition) is 2. The van der Waals surface area contributed by atoms with E-state index in [0.717, 1.165) is 11.6 Å². The van der Waals surface area contributed by atoms with Crippen LogP contribution in [0.4, 0.5) is 28.0 Å². The number of halogens is 5. The Hall–Kier alpha value is -4.06. The quantitative estimate of drug-likeness (QED) is 0.325. The van der Waals surface area contributed by atoms with Crippen molar-refractivity contribution in [3.05, 3.63) is 70.9 Å². The molecule has 3 aromatic rings. The second-order valence-electron chi connectivity index (χ2n) is 9.38. The fraction of sp³-hybridized carbons (Fsp3) is 0.296. The van der Waals surface area contributed by atoms with Crippen LogP contribution in [0.25, 0.3) is 16.8 Å². The number of aromatic nitrogens is 2. The summed E-state index contributed by atoms with van der Waals surface area (Å²) in [7, 11) is 1.27. The molecular weight excluding hydrogens is 556 g/mol. The number of fused-ring (bicyclic) bond motifs is 1. The number of nitrogens with zero attached hydrogens (tertiary/aromatic N) is 2. The van der Waals surface area contributed by atoms with E-state index in [1.165, 1.54) is 19.3 Å². The predicted molar refractivity (Wildman–Crippen MR) is 138 cm³/mol. The number of methoxy groups -OCH3 is 1. The first-order valence-corrected chi connectivity index (χ1v) is 12.6. The van der Waals surface area contributed by atoms with Crippen LogP contribution in [0.3, 0.4) is 0 Å². The number of nitrogens with one attached hydrogen (secondary N) is 2. The zero-order chi connectivity index (χ0) is 28.6. The fourth-order valence-electron chi connectivity index (χ4n) is 5.06. The number of alkyl halides is 3. The van der Waals surface area contributed by atoms with E-state index in [9.17, 15) is 22.8 Å². The van der Waals surface area contributed by atoms with E-state index in [1.54, 1.807) is 35.4 Å². The molecule has 2 N–H and O–H groups in total. The van der Waals surface area contributed by atoms with Crippen LogP contribution in [0.15, 0.2) is 48.7 Å². The first-order chi connectivity index (χ1) is 19.0. The Kier molecular flexibility index (Phi) is 7.45. The smallest absolute Gasteiger partial charge is 0.422 e. The van der Waals surface area contributed by atoms with Gasteiger partial charge in [0, 0.05) is 17.8 Å². The number of benzene rings is 2. The van der Waals surface area contributed by atoms with Crippen molar-refractivity contribution in [3.8, 4) is 17.0 Å². The number of imidazole rings is 1. The first-order valence-electron chi connectivity index (χ1n) is 12.2. The third-order valence-electron chi connectivity index (χ3n) is 6.82. The van der Waals surface area contributed by atoms with Crippen LogP contribution in [0.1, 0.15) is 36.7 Å². The van der Waals surface area contributed by atoms with E-state index in [0.29, 0.717) is 30.0 Å². The van der Waals surface area contributed by atoms with Gasteiger partial charge in [0.25, 0.3) is 0 Å². The first kappa shape index (κ1) is 27.5. The third-order valence-corrected chi connectivity index (χ3v) is 7.11. The molecule has 1 unspecified atom stereocenters. The van der Waals surface area contributed by atoms with Crippen molar-refractivity contribution in [1.29, 1.82) is 0 Å². The topological polar surface area (TPSA) is 96.6 Å². The van der Waals surface area contributed by atoms with Crippen LogP contribution in [-0.2, 0) is 9.53 Å². The van der Waals surface area contributed by atoms with Gasteiger partial charge in [-0.05, 0) is 54.7 Å². The molecule has 8 nitrogen and oxygen atoms in total. The van der Waals surface area contributed by atoms with Crippen LogP contribution < -0.4 is 10.1 Å². The van der Waals surface area contributed by atoms with Gasteiger partial charge in [0.1, 0.15) is 11.6 Å². The molecule has 1 aromatic heterocycles. The molecule has 40 heavy (non-hydrogen) atoms. The number of ether oxygens (including phenoxy) is 2. The van der Waals surface area contributed by atoms with Crippen molar-refractivity contribution in [3.63, 3.8) is 0 Å². The second-order valence-corrected chi connectivity index (χ2v) is 9.79. The van der Waals surface area contributed by atoms with Crippen molar-refractivity contribution >= 4 is 34.9 Å². The molecule has 2 atom stereocenters. The lowest BCUT2D eigenvalue weighted by atomic mass is 9.93. The Morgan fingerprint density at radius 3 is 2.65 bits per heavy atom. The summed E-state index contributed by atoms with van der Waals surface area (Å²) in [5.41, 5.74) is 2.05. The van der Waals surface area contributed by atoms with Gasteiger partial charge in [0.15, 0.2) is 12.4 Å². The summed E-state index contributed by atoms with van der Waals surface area (Å²) in [6.45, 7) is -1.61. The van der Waals surface area contributed by atoms with Crippen LogP contribution in [0.5, 0.6) is 5.75 Å². The van der Waals surface area contributed by atoms with Gasteiger partial charge in [-0.1, -0.05) is 23.7 Å². The van der Waals surface area contributed by atoms with Crippen LogP contribution in [-0.4, -0.2) is 52.8 Å². The number of amides is 2. The molecule has 1 saturated heterocycles. The van der Waals surface area contributed by atoms with Gasteiger partial charge in [-0.2, -0.15) is 13.2 Å². The maximum absolute atomic E-state index is 15.0. The molecular formula is C27H23ClF4N4O4. The summed E-state index contributed by atoms with van der Waals surface area (Å²) in [5.74, 6) is -1.11. The maximum atomic E-state index is 15.0. The van der Waals surface area contributed by atoms with E-state index in [1.807, 2.05) is 0 Å². The Morgan fingerprint density at radius 2 is 1.95 bits per heavy atom. The van der Waals surface area contributed by atoms with Gasteiger partial charge >= 0.3 is 12.3 Å². The molecule has 2 aliphatic rings. The molecule has 1 fully saturated rings. The highest BCUT2D eigenvalue weighted by Gasteiger charge is 2.42. The summed E-state index contributed by atoms with van der Waals surface area (Å²) < 4.78 is 62.8. The molecule has 2 aliphatic heterocycles. The minimum absolute atomic E-state index is 0.212. The number of aromatic amines is 1. The zero-order valence-corrected chi connectivity index (χ0v) is 21.8. The molecule has 0 spiro atoms. The molecule has 2 amide bonds. The molecule has 2 aromatic carbocycles. The molecule has 0 bridgehead atoms. The molecule has 5 rings (SSSR count). The SMILES string of the molecule is COC(=O)Nc1ccc(-c2cnc([C@@H]3CCC4CC(c5c(OCC(F)(F)F)ccc(Cl)c5F)=CC(=O)N43)[nH]2)cc1. The van der Waals surface area contributed by atoms with Crippen molar-refractivity contribution in [2.24, 2.45) is 0 Å². The van der Waals surface area contributed by atoms with E-state index in [4.69, 9.17) is 16.3 Å². The Balaban J connectivity index is 1.36. The van der Waals surface area contributed by atoms with Crippen LogP contribution in [0, 0.1) is 5.82 Å². The Bertz CT molecular complexity index is 1470. The Morgan fingerprint density at radius 1 is 1.20 bits per heavy atom. The van der Waals surface area contributed by atoms with Crippen molar-refractivity contribution in [1.82, 2.24) is 14.9 Å². The summed E-state index contributed by atoms with van der Waals surface area (Å²) >= 11 is 5.92. The maximum Gasteiger partial charge on any atom is 0.422 e. The number of H-pyrrole nitrogens is 1. The van der Waals surface area contributed by atoms with Crippen molar-refractivity contribution in [2.75, 3.05) is 19.0 Å². The van der Waals surface area contributed by atoms with Crippen molar-refractivity contribution < 1.29 is 36.6 Å². The molecule has 210 valence electrons.